The van der Waals surface area contributed by atoms with Gasteiger partial charge in [0.25, 0.3) is 0 Å². The second-order valence-corrected chi connectivity index (χ2v) is 19.3. The Morgan fingerprint density at radius 1 is 0.529 bits per heavy atom. The van der Waals surface area contributed by atoms with Crippen molar-refractivity contribution < 1.29 is 0 Å². The molecule has 2 nitrogen and oxygen atoms in total. The Morgan fingerprint density at radius 3 is 1.96 bits per heavy atom. The van der Waals surface area contributed by atoms with Gasteiger partial charge in [-0.1, -0.05) is 159 Å². The van der Waals surface area contributed by atoms with Crippen LogP contribution < -0.4 is 31.7 Å². The first-order chi connectivity index (χ1) is 25.1. The fourth-order valence-corrected chi connectivity index (χ4v) is 16.6. The summed E-state index contributed by atoms with van der Waals surface area (Å²) in [7, 11) is -2.76. The van der Waals surface area contributed by atoms with Gasteiger partial charge in [0.1, 0.15) is 0 Å². The molecule has 0 fully saturated rings. The maximum atomic E-state index is 2.73. The fraction of sp³-hybridized carbons (Fsp3) is 0.0638. The van der Waals surface area contributed by atoms with Gasteiger partial charge in [-0.25, -0.2) is 0 Å². The average molecular weight is 663 g/mol. The van der Waals surface area contributed by atoms with E-state index >= 15 is 0 Å². The highest BCUT2D eigenvalue weighted by molar-refractivity contribution is 7.21. The van der Waals surface area contributed by atoms with Crippen LogP contribution in [-0.4, -0.2) is 23.9 Å². The predicted octanol–water partition coefficient (Wildman–Crippen LogP) is 6.61. The zero-order valence-corrected chi connectivity index (χ0v) is 29.4. The summed E-state index contributed by atoms with van der Waals surface area (Å²) in [6, 6.07) is 58.4. The molecule has 0 unspecified atom stereocenters. The van der Waals surface area contributed by atoms with Crippen LogP contribution in [0.2, 0.25) is 0 Å². The summed E-state index contributed by atoms with van der Waals surface area (Å²) in [5.41, 5.74) is 15.4. The van der Waals surface area contributed by atoms with E-state index in [1.165, 1.54) is 103 Å². The molecule has 7 aromatic carbocycles. The summed E-state index contributed by atoms with van der Waals surface area (Å²) in [6.07, 6.45) is 0. The van der Waals surface area contributed by atoms with Crippen LogP contribution in [0.1, 0.15) is 25.0 Å². The van der Waals surface area contributed by atoms with Gasteiger partial charge in [0.05, 0.1) is 22.1 Å². The van der Waals surface area contributed by atoms with Gasteiger partial charge in [-0.15, -0.1) is 0 Å². The van der Waals surface area contributed by atoms with Crippen molar-refractivity contribution in [3.8, 4) is 5.69 Å². The number of allylic oxidation sites excluding steroid dienone is 1. The number of aromatic nitrogens is 2. The third kappa shape index (κ3) is 2.78. The van der Waals surface area contributed by atoms with E-state index in [1.54, 1.807) is 0 Å². The molecule has 5 heterocycles. The molecule has 236 valence electrons. The summed E-state index contributed by atoms with van der Waals surface area (Å²) < 4.78 is 5.39. The summed E-state index contributed by atoms with van der Waals surface area (Å²) in [5, 5.41) is 11.3. The monoisotopic (exact) mass is 662 g/mol. The van der Waals surface area contributed by atoms with Gasteiger partial charge in [0.15, 0.2) is 8.07 Å². The molecular formula is C47H31BN2Si. The molecule has 3 aliphatic heterocycles. The quantitative estimate of drug-likeness (QED) is 0.185. The molecule has 0 saturated heterocycles. The fourth-order valence-electron chi connectivity index (χ4n) is 11.4. The van der Waals surface area contributed by atoms with Crippen molar-refractivity contribution in [2.75, 3.05) is 0 Å². The summed E-state index contributed by atoms with van der Waals surface area (Å²) in [5.74, 6) is 0. The largest absolute Gasteiger partial charge is 0.310 e. The average Bonchev–Trinajstić information content (AvgIpc) is 3.78. The maximum absolute atomic E-state index is 2.76. The molecule has 0 bridgehead atoms. The minimum absolute atomic E-state index is 0.136. The van der Waals surface area contributed by atoms with Crippen LogP contribution in [-0.2, 0) is 5.41 Å². The lowest BCUT2D eigenvalue weighted by molar-refractivity contribution is 0.665. The first kappa shape index (κ1) is 27.0. The van der Waals surface area contributed by atoms with Crippen molar-refractivity contribution in [1.29, 1.82) is 0 Å². The highest BCUT2D eigenvalue weighted by Gasteiger charge is 2.55. The Labute approximate surface area is 297 Å². The van der Waals surface area contributed by atoms with Crippen LogP contribution in [0, 0.1) is 0 Å². The Bertz CT molecular complexity index is 3070. The Kier molecular flexibility index (Phi) is 4.61. The number of para-hydroxylation sites is 3. The van der Waals surface area contributed by atoms with E-state index < -0.39 is 8.07 Å². The molecule has 9 aromatic rings. The molecule has 4 heteroatoms. The van der Waals surface area contributed by atoms with Crippen LogP contribution in [0.15, 0.2) is 157 Å². The van der Waals surface area contributed by atoms with E-state index in [1.807, 2.05) is 0 Å². The van der Waals surface area contributed by atoms with Gasteiger partial charge in [-0.3, -0.25) is 0 Å². The lowest BCUT2D eigenvalue weighted by Crippen LogP contribution is -2.78. The third-order valence-corrected chi connectivity index (χ3v) is 18.0. The van der Waals surface area contributed by atoms with Gasteiger partial charge in [0.2, 0.25) is 6.71 Å². The van der Waals surface area contributed by atoms with Crippen LogP contribution in [0.25, 0.3) is 55.0 Å². The van der Waals surface area contributed by atoms with E-state index in [4.69, 9.17) is 0 Å². The first-order valence-corrected chi connectivity index (χ1v) is 20.2. The van der Waals surface area contributed by atoms with Crippen LogP contribution >= 0.6 is 0 Å². The Hall–Kier alpha value is -5.84. The molecule has 0 spiro atoms. The van der Waals surface area contributed by atoms with Gasteiger partial charge in [0, 0.05) is 43.9 Å². The standard InChI is InChI=1S/C47H31BN2Si/c1-47(2)35-22-11-9-20-32(35)44-46(47)48-36-23-14-26-39-45(36)50-41-31(34-27-33-30-19-10-12-24-37(30)49(44)42(33)40(48)43(34)50)21-13-25-38(41)51(39,28-15-5-3-6-16-28)29-17-7-4-8-18-29/h3-27H,1-2H3. The van der Waals surface area contributed by atoms with Gasteiger partial charge in [-0.05, 0) is 49.4 Å². The van der Waals surface area contributed by atoms with Crippen molar-refractivity contribution in [3.05, 3.63) is 168 Å². The zero-order valence-electron chi connectivity index (χ0n) is 28.4. The van der Waals surface area contributed by atoms with Crippen molar-refractivity contribution >= 4 is 95.8 Å². The third-order valence-electron chi connectivity index (χ3n) is 13.1. The SMILES string of the molecule is CC1(C)C2=C(c3ccccc31)n1c3ccccc3c3cc4c5cccc6c5n5c4c(c31)B2c1cccc(c1-5)[Si]6(c1ccccc1)c1ccccc1. The van der Waals surface area contributed by atoms with Crippen LogP contribution in [0.5, 0.6) is 0 Å². The molecule has 0 radical (unpaired) electrons. The number of hydrogen-bond acceptors (Lipinski definition) is 0. The molecule has 0 N–H and O–H groups in total. The normalized spacial score (nSPS) is 16.6. The highest BCUT2D eigenvalue weighted by atomic mass is 28.3. The van der Waals surface area contributed by atoms with Crippen LogP contribution in [0.4, 0.5) is 0 Å². The van der Waals surface area contributed by atoms with E-state index in [9.17, 15) is 0 Å². The summed E-state index contributed by atoms with van der Waals surface area (Å²) in [6.45, 7) is 5.09. The predicted molar refractivity (Wildman–Crippen MR) is 218 cm³/mol. The lowest BCUT2D eigenvalue weighted by Gasteiger charge is -2.44. The van der Waals surface area contributed by atoms with E-state index in [0.717, 1.165) is 0 Å². The Morgan fingerprint density at radius 2 is 1.16 bits per heavy atom. The van der Waals surface area contributed by atoms with Crippen molar-refractivity contribution in [2.45, 2.75) is 19.3 Å². The smallest absolute Gasteiger partial charge is 0.248 e. The molecule has 0 amide bonds. The van der Waals surface area contributed by atoms with Crippen molar-refractivity contribution in [2.24, 2.45) is 0 Å². The van der Waals surface area contributed by atoms with Gasteiger partial charge >= 0.3 is 0 Å². The molecule has 1 aliphatic carbocycles. The topological polar surface area (TPSA) is 9.86 Å². The molecule has 4 aliphatic rings. The van der Waals surface area contributed by atoms with E-state index in [-0.39, 0.29) is 12.1 Å². The van der Waals surface area contributed by atoms with E-state index in [0.29, 0.717) is 0 Å². The van der Waals surface area contributed by atoms with E-state index in [2.05, 4.69) is 175 Å². The molecule has 0 saturated carbocycles. The number of nitrogens with zero attached hydrogens (tertiary/aromatic N) is 2. The number of rotatable bonds is 2. The second kappa shape index (κ2) is 8.71. The van der Waals surface area contributed by atoms with Crippen molar-refractivity contribution in [3.63, 3.8) is 0 Å². The highest BCUT2D eigenvalue weighted by Crippen LogP contribution is 2.53. The maximum Gasteiger partial charge on any atom is 0.248 e. The molecular weight excluding hydrogens is 631 g/mol. The van der Waals surface area contributed by atoms with Gasteiger partial charge < -0.3 is 9.13 Å². The van der Waals surface area contributed by atoms with Crippen LogP contribution in [0.3, 0.4) is 0 Å². The summed E-state index contributed by atoms with van der Waals surface area (Å²) >= 11 is 0. The Balaban J connectivity index is 1.33. The summed E-state index contributed by atoms with van der Waals surface area (Å²) in [4.78, 5) is 0. The zero-order chi connectivity index (χ0) is 33.4. The number of fused-ring (bicyclic) bond motifs is 9. The minimum Gasteiger partial charge on any atom is -0.310 e. The number of benzene rings is 7. The molecule has 13 rings (SSSR count). The lowest BCUT2D eigenvalue weighted by atomic mass is 9.31. The minimum atomic E-state index is -2.76. The second-order valence-electron chi connectivity index (χ2n) is 15.6. The van der Waals surface area contributed by atoms with Crippen molar-refractivity contribution in [1.82, 2.24) is 9.13 Å². The molecule has 51 heavy (non-hydrogen) atoms. The molecule has 0 atom stereocenters. The number of hydrogen-bond donors (Lipinski definition) is 0. The van der Waals surface area contributed by atoms with Gasteiger partial charge in [-0.2, -0.15) is 0 Å². The molecule has 2 aromatic heterocycles. The first-order valence-electron chi connectivity index (χ1n) is 18.2.